The Balaban J connectivity index is 1.57. The quantitative estimate of drug-likeness (QED) is 0.731. The van der Waals surface area contributed by atoms with Crippen LogP contribution in [0.2, 0.25) is 0 Å². The number of nitriles is 1. The normalized spacial score (nSPS) is 10.0. The first-order valence-corrected chi connectivity index (χ1v) is 7.90. The molecule has 0 radical (unpaired) electrons. The molecule has 3 aromatic rings. The average molecular weight is 346 g/mol. The second kappa shape index (κ2) is 7.90. The molecule has 0 saturated carbocycles. The third kappa shape index (κ3) is 4.65. The number of anilines is 3. The van der Waals surface area contributed by atoms with E-state index in [2.05, 4.69) is 21.7 Å². The monoisotopic (exact) mass is 346 g/mol. The summed E-state index contributed by atoms with van der Waals surface area (Å²) >= 11 is 0. The van der Waals surface area contributed by atoms with Gasteiger partial charge in [-0.15, -0.1) is 0 Å². The van der Waals surface area contributed by atoms with E-state index in [0.29, 0.717) is 11.4 Å². The van der Waals surface area contributed by atoms with Crippen LogP contribution in [-0.2, 0) is 11.2 Å². The topological polar surface area (TPSA) is 77.8 Å². The van der Waals surface area contributed by atoms with Crippen molar-refractivity contribution in [3.63, 3.8) is 0 Å². The number of benzene rings is 2. The van der Waals surface area contributed by atoms with Crippen molar-refractivity contribution in [1.82, 2.24) is 4.98 Å². The molecule has 1 amide bonds. The molecule has 5 nitrogen and oxygen atoms in total. The fraction of sp³-hybridized carbons (Fsp3) is 0.0500. The lowest BCUT2D eigenvalue weighted by Gasteiger charge is -2.08. The Labute approximate surface area is 150 Å². The van der Waals surface area contributed by atoms with Crippen molar-refractivity contribution in [2.75, 3.05) is 10.6 Å². The van der Waals surface area contributed by atoms with E-state index in [1.54, 1.807) is 54.7 Å². The molecule has 3 rings (SSSR count). The molecule has 0 atom stereocenters. The molecule has 0 spiro atoms. The summed E-state index contributed by atoms with van der Waals surface area (Å²) in [4.78, 5) is 16.2. The van der Waals surface area contributed by atoms with Gasteiger partial charge in [-0.1, -0.05) is 12.1 Å². The lowest BCUT2D eigenvalue weighted by molar-refractivity contribution is -0.115. The maximum absolute atomic E-state index is 12.9. The van der Waals surface area contributed by atoms with Crippen LogP contribution in [0.15, 0.2) is 66.9 Å². The molecule has 0 aliphatic carbocycles. The molecular formula is C20H15FN4O. The number of pyridine rings is 1. The summed E-state index contributed by atoms with van der Waals surface area (Å²) in [6.45, 7) is 0. The summed E-state index contributed by atoms with van der Waals surface area (Å²) in [5, 5.41) is 14.7. The van der Waals surface area contributed by atoms with E-state index < -0.39 is 0 Å². The fourth-order valence-electron chi connectivity index (χ4n) is 2.31. The Morgan fingerprint density at radius 1 is 1.00 bits per heavy atom. The maximum Gasteiger partial charge on any atom is 0.229 e. The Morgan fingerprint density at radius 2 is 1.69 bits per heavy atom. The van der Waals surface area contributed by atoms with Gasteiger partial charge in [0.2, 0.25) is 5.91 Å². The van der Waals surface area contributed by atoms with Gasteiger partial charge in [0.25, 0.3) is 0 Å². The smallest absolute Gasteiger partial charge is 0.229 e. The van der Waals surface area contributed by atoms with Crippen LogP contribution in [0, 0.1) is 17.1 Å². The van der Waals surface area contributed by atoms with Crippen molar-refractivity contribution in [1.29, 1.82) is 5.26 Å². The highest BCUT2D eigenvalue weighted by Gasteiger charge is 2.05. The van der Waals surface area contributed by atoms with E-state index in [9.17, 15) is 9.18 Å². The predicted molar refractivity (Wildman–Crippen MR) is 97.4 cm³/mol. The number of amides is 1. The molecule has 0 saturated heterocycles. The number of carbonyl (C=O) groups excluding carboxylic acids is 1. The molecule has 2 N–H and O–H groups in total. The van der Waals surface area contributed by atoms with E-state index in [0.717, 1.165) is 16.9 Å². The number of halogens is 1. The number of aromatic nitrogens is 1. The van der Waals surface area contributed by atoms with E-state index in [1.807, 2.05) is 0 Å². The lowest BCUT2D eigenvalue weighted by atomic mass is 10.1. The first kappa shape index (κ1) is 17.1. The molecule has 1 aromatic heterocycles. The highest BCUT2D eigenvalue weighted by molar-refractivity contribution is 5.91. The zero-order chi connectivity index (χ0) is 18.4. The average Bonchev–Trinajstić information content (AvgIpc) is 2.66. The molecule has 0 aliphatic rings. The SMILES string of the molecule is N#Cc1ccc(Nc2ccc(NC(=O)Cc3ccc(F)cc3)nc2)cc1. The third-order valence-electron chi connectivity index (χ3n) is 3.61. The van der Waals surface area contributed by atoms with Crippen LogP contribution in [0.4, 0.5) is 21.6 Å². The van der Waals surface area contributed by atoms with Crippen LogP contribution < -0.4 is 10.6 Å². The Bertz CT molecular complexity index is 930. The minimum Gasteiger partial charge on any atom is -0.354 e. The molecule has 128 valence electrons. The van der Waals surface area contributed by atoms with Gasteiger partial charge in [-0.25, -0.2) is 9.37 Å². The highest BCUT2D eigenvalue weighted by Crippen LogP contribution is 2.17. The minimum atomic E-state index is -0.332. The lowest BCUT2D eigenvalue weighted by Crippen LogP contribution is -2.15. The van der Waals surface area contributed by atoms with Gasteiger partial charge in [-0.3, -0.25) is 4.79 Å². The first-order valence-electron chi connectivity index (χ1n) is 7.90. The van der Waals surface area contributed by atoms with Crippen LogP contribution in [-0.4, -0.2) is 10.9 Å². The van der Waals surface area contributed by atoms with Crippen molar-refractivity contribution in [2.45, 2.75) is 6.42 Å². The standard InChI is InChI=1S/C20H15FN4O/c21-16-5-1-14(2-6-16)11-20(26)25-19-10-9-18(13-23-19)24-17-7-3-15(12-22)4-8-17/h1-10,13,24H,11H2,(H,23,25,26). The van der Waals surface area contributed by atoms with Crippen LogP contribution in [0.5, 0.6) is 0 Å². The van der Waals surface area contributed by atoms with Gasteiger partial charge in [-0.2, -0.15) is 5.26 Å². The summed E-state index contributed by atoms with van der Waals surface area (Å²) in [6.07, 6.45) is 1.75. The Hall–Kier alpha value is -3.72. The third-order valence-corrected chi connectivity index (χ3v) is 3.61. The molecule has 6 heteroatoms. The van der Waals surface area contributed by atoms with E-state index in [4.69, 9.17) is 5.26 Å². The Kier molecular flexibility index (Phi) is 5.20. The number of hydrogen-bond acceptors (Lipinski definition) is 4. The molecular weight excluding hydrogens is 331 g/mol. The largest absolute Gasteiger partial charge is 0.354 e. The van der Waals surface area contributed by atoms with Crippen molar-refractivity contribution < 1.29 is 9.18 Å². The van der Waals surface area contributed by atoms with Gasteiger partial charge < -0.3 is 10.6 Å². The van der Waals surface area contributed by atoms with Crippen molar-refractivity contribution in [3.05, 3.63) is 83.8 Å². The van der Waals surface area contributed by atoms with Crippen molar-refractivity contribution in [3.8, 4) is 6.07 Å². The van der Waals surface area contributed by atoms with Gasteiger partial charge in [-0.05, 0) is 54.1 Å². The van der Waals surface area contributed by atoms with Gasteiger partial charge in [0.05, 0.1) is 29.9 Å². The second-order valence-electron chi connectivity index (χ2n) is 5.60. The molecule has 0 aliphatic heterocycles. The summed E-state index contributed by atoms with van der Waals surface area (Å²) in [5.74, 6) is -0.124. The minimum absolute atomic E-state index is 0.146. The van der Waals surface area contributed by atoms with Gasteiger partial charge in [0.15, 0.2) is 0 Å². The number of rotatable bonds is 5. The van der Waals surface area contributed by atoms with Gasteiger partial charge >= 0.3 is 0 Å². The molecule has 1 heterocycles. The highest BCUT2D eigenvalue weighted by atomic mass is 19.1. The number of nitrogens with one attached hydrogen (secondary N) is 2. The molecule has 0 unspecified atom stereocenters. The van der Waals surface area contributed by atoms with Crippen molar-refractivity contribution >= 4 is 23.1 Å². The molecule has 0 fully saturated rings. The molecule has 26 heavy (non-hydrogen) atoms. The van der Waals surface area contributed by atoms with Crippen LogP contribution in [0.25, 0.3) is 0 Å². The van der Waals surface area contributed by atoms with Crippen molar-refractivity contribution in [2.24, 2.45) is 0 Å². The first-order chi connectivity index (χ1) is 12.6. The number of nitrogens with zero attached hydrogens (tertiary/aromatic N) is 2. The maximum atomic E-state index is 12.9. The molecule has 0 bridgehead atoms. The fourth-order valence-corrected chi connectivity index (χ4v) is 2.31. The van der Waals surface area contributed by atoms with Crippen LogP contribution >= 0.6 is 0 Å². The summed E-state index contributed by atoms with van der Waals surface area (Å²) in [6, 6.07) is 18.4. The zero-order valence-electron chi connectivity index (χ0n) is 13.7. The predicted octanol–water partition coefficient (Wildman–Crippen LogP) is 4.02. The number of hydrogen-bond donors (Lipinski definition) is 2. The zero-order valence-corrected chi connectivity index (χ0v) is 13.7. The second-order valence-corrected chi connectivity index (χ2v) is 5.60. The van der Waals surface area contributed by atoms with Crippen LogP contribution in [0.3, 0.4) is 0 Å². The summed E-state index contributed by atoms with van der Waals surface area (Å²) in [5.41, 5.74) is 2.90. The Morgan fingerprint density at radius 3 is 2.31 bits per heavy atom. The van der Waals surface area contributed by atoms with Crippen LogP contribution in [0.1, 0.15) is 11.1 Å². The summed E-state index contributed by atoms with van der Waals surface area (Å²) < 4.78 is 12.9. The van der Waals surface area contributed by atoms with E-state index in [1.165, 1.54) is 12.1 Å². The van der Waals surface area contributed by atoms with E-state index >= 15 is 0 Å². The molecule has 2 aromatic carbocycles. The van der Waals surface area contributed by atoms with Gasteiger partial charge in [0, 0.05) is 5.69 Å². The number of carbonyl (C=O) groups is 1. The summed E-state index contributed by atoms with van der Waals surface area (Å²) in [7, 11) is 0. The van der Waals surface area contributed by atoms with E-state index in [-0.39, 0.29) is 18.1 Å². The van der Waals surface area contributed by atoms with Gasteiger partial charge in [0.1, 0.15) is 11.6 Å².